The van der Waals surface area contributed by atoms with Crippen molar-refractivity contribution in [1.82, 2.24) is 19.7 Å². The minimum absolute atomic E-state index is 0.256. The lowest BCUT2D eigenvalue weighted by molar-refractivity contribution is -0.122. The Bertz CT molecular complexity index is 803. The third-order valence-corrected chi connectivity index (χ3v) is 3.69. The van der Waals surface area contributed by atoms with Crippen molar-refractivity contribution in [2.45, 2.75) is 13.0 Å². The molecule has 0 aliphatic rings. The van der Waals surface area contributed by atoms with Crippen molar-refractivity contribution in [2.75, 3.05) is 5.32 Å². The molecule has 1 atom stereocenters. The van der Waals surface area contributed by atoms with Gasteiger partial charge in [-0.15, -0.1) is 0 Å². The van der Waals surface area contributed by atoms with Gasteiger partial charge in [0.25, 0.3) is 5.91 Å². The van der Waals surface area contributed by atoms with E-state index in [4.69, 9.17) is 4.74 Å². The number of nitrogens with one attached hydrogen (secondary N) is 1. The van der Waals surface area contributed by atoms with Gasteiger partial charge in [0, 0.05) is 4.47 Å². The minimum atomic E-state index is -0.638. The number of anilines is 1. The summed E-state index contributed by atoms with van der Waals surface area (Å²) in [6.45, 7) is 1.69. The Morgan fingerprint density at radius 1 is 1.25 bits per heavy atom. The van der Waals surface area contributed by atoms with Crippen molar-refractivity contribution in [3.05, 3.63) is 59.7 Å². The molecule has 0 saturated heterocycles. The van der Waals surface area contributed by atoms with Crippen LogP contribution in [0.5, 0.6) is 5.75 Å². The van der Waals surface area contributed by atoms with Gasteiger partial charge >= 0.3 is 0 Å². The molecule has 1 amide bonds. The number of pyridine rings is 1. The summed E-state index contributed by atoms with van der Waals surface area (Å²) in [5, 5.41) is 6.76. The van der Waals surface area contributed by atoms with Crippen molar-refractivity contribution in [3.8, 4) is 11.6 Å². The molecule has 2 heterocycles. The highest BCUT2D eigenvalue weighted by molar-refractivity contribution is 9.10. The number of hydrogen-bond acceptors (Lipinski definition) is 5. The lowest BCUT2D eigenvalue weighted by atomic mass is 10.3. The summed E-state index contributed by atoms with van der Waals surface area (Å²) < 4.78 is 8.09. The van der Waals surface area contributed by atoms with Gasteiger partial charge in [0.1, 0.15) is 18.4 Å². The normalized spacial score (nSPS) is 11.8. The summed E-state index contributed by atoms with van der Waals surface area (Å²) in [5.41, 5.74) is 0.579. The molecule has 0 spiro atoms. The fourth-order valence-corrected chi connectivity index (χ4v) is 2.20. The van der Waals surface area contributed by atoms with Crippen LogP contribution in [0.25, 0.3) is 5.82 Å². The Labute approximate surface area is 146 Å². The number of rotatable bonds is 5. The third kappa shape index (κ3) is 3.96. The Kier molecular flexibility index (Phi) is 4.85. The molecule has 0 aliphatic heterocycles. The monoisotopic (exact) mass is 387 g/mol. The molecule has 0 aliphatic carbocycles. The maximum Gasteiger partial charge on any atom is 0.265 e. The molecule has 24 heavy (non-hydrogen) atoms. The predicted molar refractivity (Wildman–Crippen MR) is 92.0 cm³/mol. The van der Waals surface area contributed by atoms with Gasteiger partial charge < -0.3 is 10.1 Å². The zero-order valence-corrected chi connectivity index (χ0v) is 14.3. The smallest absolute Gasteiger partial charge is 0.265 e. The second-order valence-corrected chi connectivity index (χ2v) is 5.86. The van der Waals surface area contributed by atoms with Crippen molar-refractivity contribution in [1.29, 1.82) is 0 Å². The van der Waals surface area contributed by atoms with Gasteiger partial charge in [0.2, 0.25) is 0 Å². The van der Waals surface area contributed by atoms with Crippen LogP contribution < -0.4 is 10.1 Å². The molecule has 0 saturated carbocycles. The number of ether oxygens (including phenoxy) is 1. The quantitative estimate of drug-likeness (QED) is 0.727. The van der Waals surface area contributed by atoms with Crippen LogP contribution in [0.1, 0.15) is 6.92 Å². The van der Waals surface area contributed by atoms with Crippen LogP contribution in [0, 0.1) is 0 Å². The van der Waals surface area contributed by atoms with E-state index in [0.717, 1.165) is 4.47 Å². The largest absolute Gasteiger partial charge is 0.481 e. The highest BCUT2D eigenvalue weighted by Crippen LogP contribution is 2.18. The van der Waals surface area contributed by atoms with E-state index in [1.807, 2.05) is 12.1 Å². The van der Waals surface area contributed by atoms with Gasteiger partial charge in [-0.3, -0.25) is 4.79 Å². The van der Waals surface area contributed by atoms with Gasteiger partial charge in [-0.05, 0) is 43.3 Å². The lowest BCUT2D eigenvalue weighted by Crippen LogP contribution is -2.30. The number of nitrogens with zero attached hydrogens (tertiary/aromatic N) is 4. The Hall–Kier alpha value is -2.74. The number of carbonyl (C=O) groups is 1. The zero-order chi connectivity index (χ0) is 16.9. The van der Waals surface area contributed by atoms with Crippen LogP contribution in [-0.4, -0.2) is 31.8 Å². The summed E-state index contributed by atoms with van der Waals surface area (Å²) in [7, 11) is 0. The Morgan fingerprint density at radius 2 is 2.04 bits per heavy atom. The first-order valence-electron chi connectivity index (χ1n) is 7.16. The average molecular weight is 388 g/mol. The summed E-state index contributed by atoms with van der Waals surface area (Å²) in [4.78, 5) is 20.3. The molecule has 0 radical (unpaired) electrons. The number of amides is 1. The lowest BCUT2D eigenvalue weighted by Gasteiger charge is -2.14. The fraction of sp³-hybridized carbons (Fsp3) is 0.125. The molecule has 2 aromatic heterocycles. The van der Waals surface area contributed by atoms with E-state index in [1.54, 1.807) is 43.7 Å². The first-order chi connectivity index (χ1) is 11.6. The van der Waals surface area contributed by atoms with E-state index in [-0.39, 0.29) is 5.91 Å². The van der Waals surface area contributed by atoms with Gasteiger partial charge in [0.05, 0.1) is 11.9 Å². The number of hydrogen-bond donors (Lipinski definition) is 1. The zero-order valence-electron chi connectivity index (χ0n) is 12.8. The van der Waals surface area contributed by atoms with Crippen molar-refractivity contribution in [2.24, 2.45) is 0 Å². The Morgan fingerprint density at radius 3 is 2.67 bits per heavy atom. The number of carbonyl (C=O) groups excluding carboxylic acids is 1. The van der Waals surface area contributed by atoms with Crippen LogP contribution >= 0.6 is 15.9 Å². The van der Waals surface area contributed by atoms with Crippen LogP contribution in [0.2, 0.25) is 0 Å². The maximum absolute atomic E-state index is 12.2. The van der Waals surface area contributed by atoms with E-state index < -0.39 is 6.10 Å². The molecule has 0 bridgehead atoms. The van der Waals surface area contributed by atoms with Gasteiger partial charge in [-0.25, -0.2) is 14.6 Å². The second kappa shape index (κ2) is 7.22. The molecule has 122 valence electrons. The summed E-state index contributed by atoms with van der Waals surface area (Å²) in [6.07, 6.45) is 3.90. The summed E-state index contributed by atoms with van der Waals surface area (Å²) >= 11 is 3.35. The van der Waals surface area contributed by atoms with Crippen LogP contribution in [0.15, 0.2) is 59.7 Å². The van der Waals surface area contributed by atoms with E-state index in [2.05, 4.69) is 36.3 Å². The molecule has 1 unspecified atom stereocenters. The second-order valence-electron chi connectivity index (χ2n) is 4.95. The molecular weight excluding hydrogens is 374 g/mol. The van der Waals surface area contributed by atoms with E-state index in [1.165, 1.54) is 11.0 Å². The topological polar surface area (TPSA) is 81.9 Å². The van der Waals surface area contributed by atoms with E-state index in [9.17, 15) is 4.79 Å². The first-order valence-corrected chi connectivity index (χ1v) is 7.95. The molecule has 1 aromatic carbocycles. The van der Waals surface area contributed by atoms with Gasteiger partial charge in [-0.1, -0.05) is 15.9 Å². The number of halogens is 1. The predicted octanol–water partition coefficient (Wildman–Crippen LogP) is 2.83. The first kappa shape index (κ1) is 16.1. The highest BCUT2D eigenvalue weighted by atomic mass is 79.9. The van der Waals surface area contributed by atoms with Gasteiger partial charge in [0.15, 0.2) is 11.9 Å². The van der Waals surface area contributed by atoms with Crippen LogP contribution in [-0.2, 0) is 4.79 Å². The number of aromatic nitrogens is 4. The average Bonchev–Trinajstić information content (AvgIpc) is 3.12. The Balaban J connectivity index is 1.60. The molecule has 7 nitrogen and oxygen atoms in total. The number of benzene rings is 1. The molecule has 3 rings (SSSR count). The SMILES string of the molecule is CC(Oc1ccc(Br)cc1)C(=O)Nc1ccc(-n2cncn2)nc1. The standard InChI is InChI=1S/C16H14BrN5O2/c1-11(24-14-5-2-12(17)3-6-14)16(23)21-13-4-7-15(19-8-13)22-10-18-9-20-22/h2-11H,1H3,(H,21,23). The van der Waals surface area contributed by atoms with Gasteiger partial charge in [-0.2, -0.15) is 5.10 Å². The minimum Gasteiger partial charge on any atom is -0.481 e. The van der Waals surface area contributed by atoms with Crippen LogP contribution in [0.4, 0.5) is 5.69 Å². The molecule has 3 aromatic rings. The molecule has 1 N–H and O–H groups in total. The third-order valence-electron chi connectivity index (χ3n) is 3.16. The summed E-state index contributed by atoms with van der Waals surface area (Å²) in [6, 6.07) is 10.8. The van der Waals surface area contributed by atoms with Crippen LogP contribution in [0.3, 0.4) is 0 Å². The van der Waals surface area contributed by atoms with Crippen molar-refractivity contribution >= 4 is 27.5 Å². The van der Waals surface area contributed by atoms with Crippen molar-refractivity contribution in [3.63, 3.8) is 0 Å². The van der Waals surface area contributed by atoms with E-state index >= 15 is 0 Å². The summed E-state index contributed by atoms with van der Waals surface area (Å²) in [5.74, 6) is 0.985. The molecule has 0 fully saturated rings. The van der Waals surface area contributed by atoms with Crippen molar-refractivity contribution < 1.29 is 9.53 Å². The van der Waals surface area contributed by atoms with E-state index in [0.29, 0.717) is 17.3 Å². The highest BCUT2D eigenvalue weighted by Gasteiger charge is 2.15. The maximum atomic E-state index is 12.2. The fourth-order valence-electron chi connectivity index (χ4n) is 1.94. The molecule has 8 heteroatoms. The molecular formula is C16H14BrN5O2.